The van der Waals surface area contributed by atoms with Crippen molar-refractivity contribution in [1.29, 1.82) is 0 Å². The highest BCUT2D eigenvalue weighted by Crippen LogP contribution is 2.09. The lowest BCUT2D eigenvalue weighted by Crippen LogP contribution is -2.24. The number of Topliss-reactive ketones (excluding diaryl/α,β-unsaturated/α-hetero) is 1. The van der Waals surface area contributed by atoms with Gasteiger partial charge in [0.15, 0.2) is 5.78 Å². The molecule has 0 aliphatic heterocycles. The monoisotopic (exact) mass is 179 g/mol. The molecular formula is C10H13NO2. The molecule has 1 aromatic rings. The van der Waals surface area contributed by atoms with E-state index in [1.807, 2.05) is 30.3 Å². The Morgan fingerprint density at radius 3 is 2.62 bits per heavy atom. The van der Waals surface area contributed by atoms with E-state index >= 15 is 0 Å². The van der Waals surface area contributed by atoms with Gasteiger partial charge in [0.2, 0.25) is 0 Å². The average Bonchev–Trinajstić information content (AvgIpc) is 2.18. The third-order valence-electron chi connectivity index (χ3n) is 1.79. The van der Waals surface area contributed by atoms with Crippen molar-refractivity contribution in [1.82, 2.24) is 0 Å². The molecule has 0 spiro atoms. The Morgan fingerprint density at radius 1 is 1.46 bits per heavy atom. The first-order valence-electron chi connectivity index (χ1n) is 4.08. The van der Waals surface area contributed by atoms with Crippen molar-refractivity contribution in [2.75, 3.05) is 13.7 Å². The maximum atomic E-state index is 11.3. The number of ether oxygens (including phenoxy) is 1. The Balaban J connectivity index is 2.68. The van der Waals surface area contributed by atoms with Crippen molar-refractivity contribution in [3.63, 3.8) is 0 Å². The molecule has 0 saturated carbocycles. The van der Waals surface area contributed by atoms with E-state index in [0.29, 0.717) is 0 Å². The zero-order valence-electron chi connectivity index (χ0n) is 7.57. The summed E-state index contributed by atoms with van der Waals surface area (Å²) in [6.45, 7) is 0.0655. The highest BCUT2D eigenvalue weighted by atomic mass is 16.5. The lowest BCUT2D eigenvalue weighted by atomic mass is 10.0. The zero-order valence-corrected chi connectivity index (χ0v) is 7.57. The van der Waals surface area contributed by atoms with Crippen LogP contribution in [0.3, 0.4) is 0 Å². The molecule has 0 fully saturated rings. The zero-order chi connectivity index (χ0) is 9.68. The maximum Gasteiger partial charge on any atom is 0.179 e. The normalized spacial score (nSPS) is 12.5. The molecule has 1 atom stereocenters. The van der Waals surface area contributed by atoms with E-state index in [1.165, 1.54) is 7.11 Å². The number of carbonyl (C=O) groups is 1. The van der Waals surface area contributed by atoms with Crippen molar-refractivity contribution in [2.24, 2.45) is 5.73 Å². The van der Waals surface area contributed by atoms with E-state index in [1.54, 1.807) is 0 Å². The summed E-state index contributed by atoms with van der Waals surface area (Å²) in [6, 6.07) is 8.69. The van der Waals surface area contributed by atoms with Crippen LogP contribution in [-0.4, -0.2) is 19.5 Å². The van der Waals surface area contributed by atoms with Crippen LogP contribution in [0.15, 0.2) is 30.3 Å². The molecule has 0 aromatic heterocycles. The van der Waals surface area contributed by atoms with Crippen LogP contribution in [0.1, 0.15) is 11.6 Å². The van der Waals surface area contributed by atoms with E-state index in [-0.39, 0.29) is 12.4 Å². The minimum absolute atomic E-state index is 0.0655. The van der Waals surface area contributed by atoms with Gasteiger partial charge in [0.25, 0.3) is 0 Å². The molecule has 1 aromatic carbocycles. The van der Waals surface area contributed by atoms with Gasteiger partial charge in [0.1, 0.15) is 6.61 Å². The fourth-order valence-corrected chi connectivity index (χ4v) is 1.08. The molecule has 13 heavy (non-hydrogen) atoms. The molecular weight excluding hydrogens is 166 g/mol. The molecule has 0 amide bonds. The molecule has 0 heterocycles. The lowest BCUT2D eigenvalue weighted by molar-refractivity contribution is -0.124. The molecule has 1 rings (SSSR count). The van der Waals surface area contributed by atoms with Crippen LogP contribution < -0.4 is 5.73 Å². The van der Waals surface area contributed by atoms with Crippen LogP contribution in [0.2, 0.25) is 0 Å². The summed E-state index contributed by atoms with van der Waals surface area (Å²) >= 11 is 0. The van der Waals surface area contributed by atoms with Crippen LogP contribution in [0.25, 0.3) is 0 Å². The number of ketones is 1. The largest absolute Gasteiger partial charge is 0.377 e. The fraction of sp³-hybridized carbons (Fsp3) is 0.300. The molecule has 0 saturated heterocycles. The van der Waals surface area contributed by atoms with Gasteiger partial charge in [0.05, 0.1) is 6.04 Å². The topological polar surface area (TPSA) is 52.3 Å². The molecule has 70 valence electrons. The van der Waals surface area contributed by atoms with E-state index in [9.17, 15) is 4.79 Å². The van der Waals surface area contributed by atoms with Crippen molar-refractivity contribution in [2.45, 2.75) is 6.04 Å². The van der Waals surface area contributed by atoms with Gasteiger partial charge in [-0.05, 0) is 5.56 Å². The first-order valence-corrected chi connectivity index (χ1v) is 4.08. The predicted molar refractivity (Wildman–Crippen MR) is 50.3 cm³/mol. The number of carbonyl (C=O) groups excluding carboxylic acids is 1. The van der Waals surface area contributed by atoms with Crippen molar-refractivity contribution in [3.8, 4) is 0 Å². The van der Waals surface area contributed by atoms with Gasteiger partial charge in [-0.2, -0.15) is 0 Å². The summed E-state index contributed by atoms with van der Waals surface area (Å²) < 4.78 is 4.72. The molecule has 0 radical (unpaired) electrons. The number of hydrogen-bond donors (Lipinski definition) is 1. The van der Waals surface area contributed by atoms with Crippen molar-refractivity contribution < 1.29 is 9.53 Å². The summed E-state index contributed by atoms with van der Waals surface area (Å²) in [5.74, 6) is -0.103. The average molecular weight is 179 g/mol. The maximum absolute atomic E-state index is 11.3. The van der Waals surface area contributed by atoms with E-state index in [2.05, 4.69) is 0 Å². The molecule has 2 N–H and O–H groups in total. The SMILES string of the molecule is COCC(=O)C(N)c1ccccc1. The third kappa shape index (κ3) is 2.65. The Morgan fingerprint density at radius 2 is 2.08 bits per heavy atom. The molecule has 3 heteroatoms. The second-order valence-electron chi connectivity index (χ2n) is 2.79. The van der Waals surface area contributed by atoms with Gasteiger partial charge in [-0.3, -0.25) is 4.79 Å². The van der Waals surface area contributed by atoms with Gasteiger partial charge in [-0.1, -0.05) is 30.3 Å². The molecule has 0 bridgehead atoms. The Bertz CT molecular complexity index is 272. The fourth-order valence-electron chi connectivity index (χ4n) is 1.08. The van der Waals surface area contributed by atoms with Crippen LogP contribution >= 0.6 is 0 Å². The van der Waals surface area contributed by atoms with Gasteiger partial charge in [0, 0.05) is 7.11 Å². The lowest BCUT2D eigenvalue weighted by Gasteiger charge is -2.09. The van der Waals surface area contributed by atoms with E-state index in [4.69, 9.17) is 10.5 Å². The van der Waals surface area contributed by atoms with Gasteiger partial charge in [-0.15, -0.1) is 0 Å². The first-order chi connectivity index (χ1) is 6.25. The Labute approximate surface area is 77.5 Å². The van der Waals surface area contributed by atoms with Crippen LogP contribution in [0.5, 0.6) is 0 Å². The molecule has 0 aliphatic rings. The number of methoxy groups -OCH3 is 1. The predicted octanol–water partition coefficient (Wildman–Crippen LogP) is 0.902. The van der Waals surface area contributed by atoms with Gasteiger partial charge >= 0.3 is 0 Å². The van der Waals surface area contributed by atoms with Crippen LogP contribution in [0, 0.1) is 0 Å². The summed E-state index contributed by atoms with van der Waals surface area (Å²) in [4.78, 5) is 11.3. The van der Waals surface area contributed by atoms with Crippen LogP contribution in [0.4, 0.5) is 0 Å². The summed E-state index contributed by atoms with van der Waals surface area (Å²) in [5.41, 5.74) is 6.52. The third-order valence-corrected chi connectivity index (χ3v) is 1.79. The standard InChI is InChI=1S/C10H13NO2/c1-13-7-9(12)10(11)8-5-3-2-4-6-8/h2-6,10H,7,11H2,1H3. The summed E-state index contributed by atoms with van der Waals surface area (Å²) in [7, 11) is 1.48. The second kappa shape index (κ2) is 4.74. The number of benzene rings is 1. The summed E-state index contributed by atoms with van der Waals surface area (Å²) in [5, 5.41) is 0. The quantitative estimate of drug-likeness (QED) is 0.747. The Hall–Kier alpha value is -1.19. The van der Waals surface area contributed by atoms with Gasteiger partial charge < -0.3 is 10.5 Å². The van der Waals surface area contributed by atoms with Crippen molar-refractivity contribution >= 4 is 5.78 Å². The van der Waals surface area contributed by atoms with Gasteiger partial charge in [-0.25, -0.2) is 0 Å². The molecule has 3 nitrogen and oxygen atoms in total. The van der Waals surface area contributed by atoms with E-state index < -0.39 is 6.04 Å². The minimum Gasteiger partial charge on any atom is -0.377 e. The Kier molecular flexibility index (Phi) is 3.61. The molecule has 0 aliphatic carbocycles. The van der Waals surface area contributed by atoms with Crippen molar-refractivity contribution in [3.05, 3.63) is 35.9 Å². The highest BCUT2D eigenvalue weighted by Gasteiger charge is 2.14. The number of rotatable bonds is 4. The number of nitrogens with two attached hydrogens (primary N) is 1. The highest BCUT2D eigenvalue weighted by molar-refractivity contribution is 5.86. The van der Waals surface area contributed by atoms with Crippen LogP contribution in [-0.2, 0) is 9.53 Å². The first kappa shape index (κ1) is 9.89. The molecule has 1 unspecified atom stereocenters. The summed E-state index contributed by atoms with van der Waals surface area (Å²) in [6.07, 6.45) is 0. The number of hydrogen-bond acceptors (Lipinski definition) is 3. The second-order valence-corrected chi connectivity index (χ2v) is 2.79. The van der Waals surface area contributed by atoms with E-state index in [0.717, 1.165) is 5.56 Å². The smallest absolute Gasteiger partial charge is 0.179 e. The minimum atomic E-state index is -0.568.